The van der Waals surface area contributed by atoms with Crippen molar-refractivity contribution in [2.24, 2.45) is 5.73 Å². The molecule has 0 bridgehead atoms. The van der Waals surface area contributed by atoms with Crippen molar-refractivity contribution in [2.75, 3.05) is 13.6 Å². The van der Waals surface area contributed by atoms with Crippen LogP contribution in [0.25, 0.3) is 0 Å². The second kappa shape index (κ2) is 6.21. The average molecular weight is 258 g/mol. The summed E-state index contributed by atoms with van der Waals surface area (Å²) in [4.78, 5) is 3.26. The Labute approximate surface area is 105 Å². The summed E-state index contributed by atoms with van der Waals surface area (Å²) < 4.78 is 0.773. The van der Waals surface area contributed by atoms with Gasteiger partial charge in [0.1, 0.15) is 0 Å². The molecule has 0 radical (unpaired) electrons. The molecule has 0 aliphatic heterocycles. The highest BCUT2D eigenvalue weighted by Crippen LogP contribution is 2.31. The highest BCUT2D eigenvalue weighted by Gasteiger charge is 2.22. The molecule has 0 aliphatic rings. The van der Waals surface area contributed by atoms with Crippen molar-refractivity contribution in [1.82, 2.24) is 4.90 Å². The quantitative estimate of drug-likeness (QED) is 0.882. The minimum absolute atomic E-state index is 0.0124. The van der Waals surface area contributed by atoms with Crippen LogP contribution in [0.3, 0.4) is 0 Å². The lowest BCUT2D eigenvalue weighted by Crippen LogP contribution is -2.37. The summed E-state index contributed by atoms with van der Waals surface area (Å²) >= 11 is 7.47. The van der Waals surface area contributed by atoms with Crippen molar-refractivity contribution in [3.05, 3.63) is 21.3 Å². The highest BCUT2D eigenvalue weighted by atomic mass is 35.5. The summed E-state index contributed by atoms with van der Waals surface area (Å²) in [5.74, 6) is 0. The summed E-state index contributed by atoms with van der Waals surface area (Å²) in [5, 5.41) is 8.58. The first-order valence-corrected chi connectivity index (χ1v) is 6.33. The maximum Gasteiger partial charge on any atom is 0.0931 e. The predicted molar refractivity (Wildman–Crippen MR) is 68.6 cm³/mol. The van der Waals surface area contributed by atoms with Crippen LogP contribution in [0.4, 0.5) is 0 Å². The number of nitrogens with two attached hydrogens (primary N) is 1. The molecule has 2 atom stereocenters. The van der Waals surface area contributed by atoms with Gasteiger partial charge >= 0.3 is 0 Å². The van der Waals surface area contributed by atoms with Crippen molar-refractivity contribution in [1.29, 1.82) is 5.26 Å². The van der Waals surface area contributed by atoms with Crippen molar-refractivity contribution >= 4 is 22.9 Å². The van der Waals surface area contributed by atoms with E-state index in [0.29, 0.717) is 6.42 Å². The summed E-state index contributed by atoms with van der Waals surface area (Å²) in [5.41, 5.74) is 5.99. The van der Waals surface area contributed by atoms with Gasteiger partial charge < -0.3 is 5.73 Å². The Hall–Kier alpha value is -0.600. The van der Waals surface area contributed by atoms with E-state index in [1.807, 2.05) is 26.1 Å². The molecular weight excluding hydrogens is 242 g/mol. The molecular formula is C11H16ClN3S. The maximum atomic E-state index is 8.58. The van der Waals surface area contributed by atoms with Gasteiger partial charge in [-0.2, -0.15) is 5.26 Å². The van der Waals surface area contributed by atoms with Gasteiger partial charge in [-0.05, 0) is 26.1 Å². The second-order valence-corrected chi connectivity index (χ2v) is 5.58. The van der Waals surface area contributed by atoms with E-state index in [0.717, 1.165) is 15.8 Å². The lowest BCUT2D eigenvalue weighted by Gasteiger charge is -2.29. The van der Waals surface area contributed by atoms with Crippen molar-refractivity contribution in [3.8, 4) is 6.07 Å². The molecule has 16 heavy (non-hydrogen) atoms. The first-order valence-electron chi connectivity index (χ1n) is 5.14. The number of hydrogen-bond donors (Lipinski definition) is 1. The zero-order valence-corrected chi connectivity index (χ0v) is 11.1. The molecule has 88 valence electrons. The van der Waals surface area contributed by atoms with E-state index in [2.05, 4.69) is 11.0 Å². The maximum absolute atomic E-state index is 8.58. The molecule has 5 heteroatoms. The minimum atomic E-state index is 0.0124. The van der Waals surface area contributed by atoms with Crippen molar-refractivity contribution in [3.63, 3.8) is 0 Å². The summed E-state index contributed by atoms with van der Waals surface area (Å²) in [6.45, 7) is 2.69. The van der Waals surface area contributed by atoms with E-state index >= 15 is 0 Å². The van der Waals surface area contributed by atoms with E-state index < -0.39 is 0 Å². The molecule has 0 saturated heterocycles. The molecule has 0 amide bonds. The number of thiophene rings is 1. The van der Waals surface area contributed by atoms with E-state index in [1.165, 1.54) is 0 Å². The van der Waals surface area contributed by atoms with Gasteiger partial charge in [0.15, 0.2) is 0 Å². The lowest BCUT2D eigenvalue weighted by atomic mass is 10.1. The van der Waals surface area contributed by atoms with Gasteiger partial charge in [0.25, 0.3) is 0 Å². The Morgan fingerprint density at radius 1 is 1.62 bits per heavy atom. The Morgan fingerprint density at radius 3 is 2.75 bits per heavy atom. The molecule has 2 unspecified atom stereocenters. The number of nitrogens with zero attached hydrogens (tertiary/aromatic N) is 2. The van der Waals surface area contributed by atoms with Gasteiger partial charge in [-0.25, -0.2) is 0 Å². The standard InChI is InChI=1S/C11H16ClN3S/c1-8(14)11(15(2)7-3-6-13)9-4-5-10(12)16-9/h4-5,8,11H,3,7,14H2,1-2H3. The molecule has 1 aromatic heterocycles. The third-order valence-corrected chi connectivity index (χ3v) is 3.74. The highest BCUT2D eigenvalue weighted by molar-refractivity contribution is 7.16. The largest absolute Gasteiger partial charge is 0.326 e. The smallest absolute Gasteiger partial charge is 0.0931 e. The number of hydrogen-bond acceptors (Lipinski definition) is 4. The van der Waals surface area contributed by atoms with Gasteiger partial charge in [0, 0.05) is 23.9 Å². The van der Waals surface area contributed by atoms with E-state index in [1.54, 1.807) is 11.3 Å². The van der Waals surface area contributed by atoms with Crippen LogP contribution in [0.2, 0.25) is 4.34 Å². The summed E-state index contributed by atoms with van der Waals surface area (Å²) in [6.07, 6.45) is 0.513. The van der Waals surface area contributed by atoms with E-state index in [9.17, 15) is 0 Å². The van der Waals surface area contributed by atoms with Crippen LogP contribution >= 0.6 is 22.9 Å². The normalized spacial score (nSPS) is 14.8. The first kappa shape index (κ1) is 13.5. The van der Waals surface area contributed by atoms with Gasteiger partial charge in [0.05, 0.1) is 16.4 Å². The van der Waals surface area contributed by atoms with Gasteiger partial charge in [-0.3, -0.25) is 4.90 Å². The van der Waals surface area contributed by atoms with Crippen LogP contribution in [0.15, 0.2) is 12.1 Å². The molecule has 0 saturated carbocycles. The fourth-order valence-electron chi connectivity index (χ4n) is 1.73. The van der Waals surface area contributed by atoms with Gasteiger partial charge in [-0.1, -0.05) is 11.6 Å². The lowest BCUT2D eigenvalue weighted by molar-refractivity contribution is 0.227. The van der Waals surface area contributed by atoms with Crippen molar-refractivity contribution < 1.29 is 0 Å². The Morgan fingerprint density at radius 2 is 2.31 bits per heavy atom. The number of halogens is 1. The molecule has 3 nitrogen and oxygen atoms in total. The molecule has 0 aromatic carbocycles. The van der Waals surface area contributed by atoms with Crippen LogP contribution in [0.1, 0.15) is 24.3 Å². The van der Waals surface area contributed by atoms with Crippen LogP contribution in [-0.4, -0.2) is 24.5 Å². The Balaban J connectivity index is 2.79. The number of likely N-dealkylation sites (N-methyl/N-ethyl adjacent to an activating group) is 1. The third-order valence-electron chi connectivity index (χ3n) is 2.43. The van der Waals surface area contributed by atoms with Crippen LogP contribution in [-0.2, 0) is 0 Å². The summed E-state index contributed by atoms with van der Waals surface area (Å²) in [7, 11) is 1.99. The zero-order chi connectivity index (χ0) is 12.1. The second-order valence-electron chi connectivity index (χ2n) is 3.83. The molecule has 0 aliphatic carbocycles. The molecule has 0 fully saturated rings. The Bertz CT molecular complexity index is 370. The van der Waals surface area contributed by atoms with Gasteiger partial charge in [-0.15, -0.1) is 11.3 Å². The predicted octanol–water partition coefficient (Wildman–Crippen LogP) is 2.64. The topological polar surface area (TPSA) is 53.0 Å². The average Bonchev–Trinajstić information content (AvgIpc) is 2.61. The Kier molecular flexibility index (Phi) is 5.23. The number of nitriles is 1. The van der Waals surface area contributed by atoms with E-state index in [-0.39, 0.29) is 12.1 Å². The minimum Gasteiger partial charge on any atom is -0.326 e. The van der Waals surface area contributed by atoms with E-state index in [4.69, 9.17) is 22.6 Å². The first-order chi connectivity index (χ1) is 7.56. The molecule has 1 heterocycles. The monoisotopic (exact) mass is 257 g/mol. The fourth-order valence-corrected chi connectivity index (χ4v) is 3.07. The SMILES string of the molecule is CC(N)C(c1ccc(Cl)s1)N(C)CCC#N. The van der Waals surface area contributed by atoms with Gasteiger partial charge in [0.2, 0.25) is 0 Å². The third kappa shape index (κ3) is 3.46. The van der Waals surface area contributed by atoms with Crippen LogP contribution in [0.5, 0.6) is 0 Å². The molecule has 1 aromatic rings. The van der Waals surface area contributed by atoms with Crippen LogP contribution < -0.4 is 5.73 Å². The molecule has 1 rings (SSSR count). The number of rotatable bonds is 5. The van der Waals surface area contributed by atoms with Crippen molar-refractivity contribution in [2.45, 2.75) is 25.4 Å². The molecule has 2 N–H and O–H groups in total. The summed E-state index contributed by atoms with van der Waals surface area (Å²) in [6, 6.07) is 6.17. The zero-order valence-electron chi connectivity index (χ0n) is 9.48. The molecule has 0 spiro atoms. The van der Waals surface area contributed by atoms with Crippen LogP contribution in [0, 0.1) is 11.3 Å². The fraction of sp³-hybridized carbons (Fsp3) is 0.545.